The second kappa shape index (κ2) is 9.67. The molecule has 3 aromatic rings. The quantitative estimate of drug-likeness (QED) is 0.452. The standard InChI is InChI=1S/C28H29ClN2O3S/c1-20-17-24-19-23(7-12-27(24)31(20)35(33,34)26-10-8-25(29)9-11-26)28(32)30-15-13-22(14-16-30)18-21-5-3-2-4-6-21/h2-12,19-20,22H,13-18H2,1H3/t20-/m0/s1. The van der Waals surface area contributed by atoms with Crippen LogP contribution in [-0.2, 0) is 22.9 Å². The van der Waals surface area contributed by atoms with Gasteiger partial charge in [-0.1, -0.05) is 41.9 Å². The molecule has 3 aromatic carbocycles. The van der Waals surface area contributed by atoms with Crippen LogP contribution in [0.2, 0.25) is 5.02 Å². The largest absolute Gasteiger partial charge is 0.339 e. The number of hydrogen-bond acceptors (Lipinski definition) is 3. The Kier molecular flexibility index (Phi) is 6.60. The predicted molar refractivity (Wildman–Crippen MR) is 139 cm³/mol. The molecule has 0 radical (unpaired) electrons. The van der Waals surface area contributed by atoms with Crippen LogP contribution in [0.1, 0.15) is 41.3 Å². The molecule has 2 aliphatic rings. The van der Waals surface area contributed by atoms with E-state index in [9.17, 15) is 13.2 Å². The third-order valence-electron chi connectivity index (χ3n) is 7.12. The summed E-state index contributed by atoms with van der Waals surface area (Å²) in [6, 6.07) is 21.9. The van der Waals surface area contributed by atoms with Crippen molar-refractivity contribution in [2.45, 2.75) is 43.5 Å². The normalized spacial score (nSPS) is 18.5. The summed E-state index contributed by atoms with van der Waals surface area (Å²) in [4.78, 5) is 15.4. The van der Waals surface area contributed by atoms with Crippen molar-refractivity contribution < 1.29 is 13.2 Å². The molecule has 35 heavy (non-hydrogen) atoms. The van der Waals surface area contributed by atoms with Crippen LogP contribution in [0.25, 0.3) is 0 Å². The average molecular weight is 509 g/mol. The Morgan fingerprint density at radius 2 is 1.66 bits per heavy atom. The topological polar surface area (TPSA) is 57.7 Å². The maximum atomic E-state index is 13.4. The third kappa shape index (κ3) is 4.82. The van der Waals surface area contributed by atoms with Crippen LogP contribution in [0.15, 0.2) is 77.7 Å². The molecule has 0 saturated carbocycles. The van der Waals surface area contributed by atoms with E-state index in [-0.39, 0.29) is 16.8 Å². The van der Waals surface area contributed by atoms with Crippen molar-refractivity contribution in [2.24, 2.45) is 5.92 Å². The van der Waals surface area contributed by atoms with Gasteiger partial charge in [0.25, 0.3) is 15.9 Å². The lowest BCUT2D eigenvalue weighted by molar-refractivity contribution is 0.0690. The van der Waals surface area contributed by atoms with Crippen molar-refractivity contribution >= 4 is 33.2 Å². The zero-order valence-electron chi connectivity index (χ0n) is 19.7. The number of benzene rings is 3. The fraction of sp³-hybridized carbons (Fsp3) is 0.321. The van der Waals surface area contributed by atoms with Crippen molar-refractivity contribution in [2.75, 3.05) is 17.4 Å². The molecule has 2 aliphatic heterocycles. The number of hydrogen-bond donors (Lipinski definition) is 0. The van der Waals surface area contributed by atoms with Crippen LogP contribution < -0.4 is 4.31 Å². The van der Waals surface area contributed by atoms with E-state index in [2.05, 4.69) is 24.3 Å². The number of carbonyl (C=O) groups is 1. The lowest BCUT2D eigenvalue weighted by atomic mass is 9.90. The molecule has 0 spiro atoms. The minimum Gasteiger partial charge on any atom is -0.339 e. The van der Waals surface area contributed by atoms with Gasteiger partial charge in [-0.2, -0.15) is 0 Å². The number of sulfonamides is 1. The smallest absolute Gasteiger partial charge is 0.264 e. The number of anilines is 1. The number of carbonyl (C=O) groups excluding carboxylic acids is 1. The summed E-state index contributed by atoms with van der Waals surface area (Å²) in [6.07, 6.45) is 3.62. The van der Waals surface area contributed by atoms with Crippen molar-refractivity contribution in [3.8, 4) is 0 Å². The molecular weight excluding hydrogens is 480 g/mol. The molecule has 0 unspecified atom stereocenters. The Hall–Kier alpha value is -2.83. The van der Waals surface area contributed by atoms with Crippen LogP contribution in [0.3, 0.4) is 0 Å². The molecule has 0 bridgehead atoms. The molecule has 1 amide bonds. The molecule has 5 nitrogen and oxygen atoms in total. The fourth-order valence-corrected chi connectivity index (χ4v) is 7.11. The first kappa shape index (κ1) is 23.9. The van der Waals surface area contributed by atoms with E-state index in [1.54, 1.807) is 24.3 Å². The van der Waals surface area contributed by atoms with E-state index in [0.717, 1.165) is 37.9 Å². The molecule has 0 aliphatic carbocycles. The molecule has 2 heterocycles. The van der Waals surface area contributed by atoms with Gasteiger partial charge in [0.05, 0.1) is 10.6 Å². The van der Waals surface area contributed by atoms with Gasteiger partial charge in [-0.05, 0) is 92.1 Å². The molecular formula is C28H29ClN2O3S. The van der Waals surface area contributed by atoms with E-state index in [1.807, 2.05) is 24.0 Å². The first-order valence-corrected chi connectivity index (χ1v) is 13.9. The number of likely N-dealkylation sites (tertiary alicyclic amines) is 1. The van der Waals surface area contributed by atoms with Gasteiger partial charge in [0.2, 0.25) is 0 Å². The Bertz CT molecular complexity index is 1320. The van der Waals surface area contributed by atoms with E-state index in [0.29, 0.717) is 28.6 Å². The van der Waals surface area contributed by atoms with Gasteiger partial charge in [-0.25, -0.2) is 8.42 Å². The van der Waals surface area contributed by atoms with Crippen molar-refractivity contribution in [1.82, 2.24) is 4.90 Å². The van der Waals surface area contributed by atoms with Crippen LogP contribution in [0.5, 0.6) is 0 Å². The van der Waals surface area contributed by atoms with Crippen LogP contribution in [0.4, 0.5) is 5.69 Å². The molecule has 5 rings (SSSR count). The summed E-state index contributed by atoms with van der Waals surface area (Å²) >= 11 is 5.94. The van der Waals surface area contributed by atoms with Gasteiger partial charge in [0, 0.05) is 29.7 Å². The van der Waals surface area contributed by atoms with E-state index < -0.39 is 10.0 Å². The van der Waals surface area contributed by atoms with Crippen molar-refractivity contribution in [3.05, 3.63) is 94.5 Å². The molecule has 182 valence electrons. The van der Waals surface area contributed by atoms with Crippen LogP contribution in [0, 0.1) is 5.92 Å². The maximum absolute atomic E-state index is 13.4. The van der Waals surface area contributed by atoms with E-state index in [4.69, 9.17) is 11.6 Å². The van der Waals surface area contributed by atoms with Crippen molar-refractivity contribution in [1.29, 1.82) is 0 Å². The van der Waals surface area contributed by atoms with Crippen LogP contribution in [-0.4, -0.2) is 38.4 Å². The summed E-state index contributed by atoms with van der Waals surface area (Å²) in [7, 11) is -3.72. The molecule has 1 atom stereocenters. The summed E-state index contributed by atoms with van der Waals surface area (Å²) in [5.41, 5.74) is 3.51. The summed E-state index contributed by atoms with van der Waals surface area (Å²) in [5, 5.41) is 0.492. The predicted octanol–water partition coefficient (Wildman–Crippen LogP) is 5.57. The Morgan fingerprint density at radius 3 is 2.34 bits per heavy atom. The molecule has 7 heteroatoms. The summed E-state index contributed by atoms with van der Waals surface area (Å²) in [6.45, 7) is 3.40. The fourth-order valence-electron chi connectivity index (χ4n) is 5.29. The van der Waals surface area contributed by atoms with Gasteiger partial charge in [-0.15, -0.1) is 0 Å². The molecule has 1 saturated heterocycles. The molecule has 0 aromatic heterocycles. The SMILES string of the molecule is C[C@H]1Cc2cc(C(=O)N3CCC(Cc4ccccc4)CC3)ccc2N1S(=O)(=O)c1ccc(Cl)cc1. The Morgan fingerprint density at radius 1 is 0.971 bits per heavy atom. The number of fused-ring (bicyclic) bond motifs is 1. The summed E-state index contributed by atoms with van der Waals surface area (Å²) in [5.74, 6) is 0.617. The van der Waals surface area contributed by atoms with E-state index >= 15 is 0 Å². The highest BCUT2D eigenvalue weighted by atomic mass is 35.5. The maximum Gasteiger partial charge on any atom is 0.264 e. The van der Waals surface area contributed by atoms with Crippen LogP contribution >= 0.6 is 11.6 Å². The second-order valence-corrected chi connectivity index (χ2v) is 11.8. The van der Waals surface area contributed by atoms with Gasteiger partial charge < -0.3 is 4.90 Å². The lowest BCUT2D eigenvalue weighted by Crippen LogP contribution is -2.39. The van der Waals surface area contributed by atoms with Gasteiger partial charge in [-0.3, -0.25) is 9.10 Å². The van der Waals surface area contributed by atoms with E-state index in [1.165, 1.54) is 22.0 Å². The zero-order valence-corrected chi connectivity index (χ0v) is 21.3. The zero-order chi connectivity index (χ0) is 24.6. The Labute approximate surface area is 212 Å². The highest BCUT2D eigenvalue weighted by molar-refractivity contribution is 7.92. The second-order valence-electron chi connectivity index (χ2n) is 9.58. The highest BCUT2D eigenvalue weighted by Crippen LogP contribution is 2.38. The van der Waals surface area contributed by atoms with Crippen molar-refractivity contribution in [3.63, 3.8) is 0 Å². The number of amides is 1. The highest BCUT2D eigenvalue weighted by Gasteiger charge is 2.36. The minimum absolute atomic E-state index is 0.0256. The number of rotatable bonds is 5. The third-order valence-corrected chi connectivity index (χ3v) is 9.31. The number of nitrogens with zero attached hydrogens (tertiary/aromatic N) is 2. The van der Waals surface area contributed by atoms with Gasteiger partial charge in [0.1, 0.15) is 0 Å². The first-order valence-electron chi connectivity index (χ1n) is 12.1. The first-order chi connectivity index (χ1) is 16.8. The monoisotopic (exact) mass is 508 g/mol. The molecule has 0 N–H and O–H groups in total. The summed E-state index contributed by atoms with van der Waals surface area (Å²) < 4.78 is 28.2. The minimum atomic E-state index is -3.72. The Balaban J connectivity index is 1.29. The number of halogens is 1. The lowest BCUT2D eigenvalue weighted by Gasteiger charge is -2.32. The molecule has 1 fully saturated rings. The van der Waals surface area contributed by atoms with Gasteiger partial charge >= 0.3 is 0 Å². The average Bonchev–Trinajstić information content (AvgIpc) is 3.20. The number of piperidine rings is 1. The van der Waals surface area contributed by atoms with Gasteiger partial charge in [0.15, 0.2) is 0 Å².